The maximum Gasteiger partial charge on any atom is 0.111 e. The van der Waals surface area contributed by atoms with E-state index in [-0.39, 0.29) is 0 Å². The Morgan fingerprint density at radius 2 is 2.30 bits per heavy atom. The molecule has 1 rings (SSSR count). The predicted octanol–water partition coefficient (Wildman–Crippen LogP) is 2.03. The Morgan fingerprint density at radius 1 is 1.60 bits per heavy atom. The number of hydrogen-bond acceptors (Lipinski definition) is 1. The normalized spacial score (nSPS) is 10.8. The summed E-state index contributed by atoms with van der Waals surface area (Å²) in [5.74, 6) is 1.72. The molecule has 0 bridgehead atoms. The van der Waals surface area contributed by atoms with Crippen molar-refractivity contribution in [3.8, 4) is 0 Å². The van der Waals surface area contributed by atoms with Gasteiger partial charge in [-0.3, -0.25) is 0 Å². The molecule has 0 aliphatic heterocycles. The van der Waals surface area contributed by atoms with Crippen molar-refractivity contribution in [1.82, 2.24) is 9.55 Å². The molecule has 0 spiro atoms. The summed E-state index contributed by atoms with van der Waals surface area (Å²) in [6.45, 7) is 7.48. The van der Waals surface area contributed by atoms with E-state index in [9.17, 15) is 0 Å². The molecule has 0 fully saturated rings. The average Bonchev–Trinajstić information content (AvgIpc) is 2.33. The van der Waals surface area contributed by atoms with Crippen LogP contribution >= 0.6 is 0 Å². The highest BCUT2D eigenvalue weighted by Crippen LogP contribution is 2.10. The van der Waals surface area contributed by atoms with Gasteiger partial charge in [0.05, 0.1) is 0 Å². The first-order valence-electron chi connectivity index (χ1n) is 3.76. The van der Waals surface area contributed by atoms with E-state index >= 15 is 0 Å². The molecule has 0 saturated carbocycles. The van der Waals surface area contributed by atoms with Crippen molar-refractivity contribution >= 4 is 0 Å². The van der Waals surface area contributed by atoms with E-state index in [0.717, 1.165) is 6.54 Å². The molecule has 2 heteroatoms. The van der Waals surface area contributed by atoms with Crippen molar-refractivity contribution < 1.29 is 0 Å². The number of hydrogen-bond donors (Lipinski definition) is 0. The van der Waals surface area contributed by atoms with Crippen LogP contribution in [0.1, 0.15) is 32.5 Å². The fourth-order valence-electron chi connectivity index (χ4n) is 1.09. The molecule has 0 atom stereocenters. The van der Waals surface area contributed by atoms with Gasteiger partial charge in [0.15, 0.2) is 0 Å². The Hall–Kier alpha value is -0.790. The minimum Gasteiger partial charge on any atom is -0.335 e. The molecule has 0 radical (unpaired) electrons. The third-order valence-corrected chi connectivity index (χ3v) is 1.60. The SMILES string of the molecule is CCn1ccnc1C(C)C. The first-order chi connectivity index (χ1) is 4.75. The maximum atomic E-state index is 4.25. The van der Waals surface area contributed by atoms with Crippen LogP contribution in [-0.2, 0) is 6.54 Å². The van der Waals surface area contributed by atoms with Crippen molar-refractivity contribution in [3.05, 3.63) is 18.2 Å². The molecule has 1 heterocycles. The van der Waals surface area contributed by atoms with Crippen LogP contribution in [0.3, 0.4) is 0 Å². The van der Waals surface area contributed by atoms with E-state index in [0.29, 0.717) is 5.92 Å². The summed E-state index contributed by atoms with van der Waals surface area (Å²) in [5, 5.41) is 0. The lowest BCUT2D eigenvalue weighted by molar-refractivity contribution is 0.652. The van der Waals surface area contributed by atoms with Crippen molar-refractivity contribution in [1.29, 1.82) is 0 Å². The second-order valence-corrected chi connectivity index (χ2v) is 2.73. The molecule has 1 aromatic heterocycles. The lowest BCUT2D eigenvalue weighted by atomic mass is 10.2. The molecule has 10 heavy (non-hydrogen) atoms. The van der Waals surface area contributed by atoms with E-state index in [1.54, 1.807) is 0 Å². The van der Waals surface area contributed by atoms with Gasteiger partial charge in [0, 0.05) is 24.9 Å². The zero-order valence-corrected chi connectivity index (χ0v) is 6.83. The molecular formula is C8H14N2. The summed E-state index contributed by atoms with van der Waals surface area (Å²) < 4.78 is 2.17. The van der Waals surface area contributed by atoms with Crippen LogP contribution in [0.5, 0.6) is 0 Å². The van der Waals surface area contributed by atoms with Crippen molar-refractivity contribution in [3.63, 3.8) is 0 Å². The van der Waals surface area contributed by atoms with Gasteiger partial charge in [-0.2, -0.15) is 0 Å². The maximum absolute atomic E-state index is 4.25. The number of aryl methyl sites for hydroxylation is 1. The standard InChI is InChI=1S/C8H14N2/c1-4-10-6-5-9-8(10)7(2)3/h5-7H,4H2,1-3H3. The molecule has 0 unspecified atom stereocenters. The minimum absolute atomic E-state index is 0.537. The van der Waals surface area contributed by atoms with Gasteiger partial charge in [-0.15, -0.1) is 0 Å². The molecule has 0 saturated heterocycles. The molecule has 0 N–H and O–H groups in total. The van der Waals surface area contributed by atoms with E-state index in [1.807, 2.05) is 12.4 Å². The molecule has 56 valence electrons. The Labute approximate surface area is 61.9 Å². The van der Waals surface area contributed by atoms with E-state index in [2.05, 4.69) is 30.3 Å². The topological polar surface area (TPSA) is 17.8 Å². The summed E-state index contributed by atoms with van der Waals surface area (Å²) in [6, 6.07) is 0. The average molecular weight is 138 g/mol. The molecule has 1 aromatic rings. The van der Waals surface area contributed by atoms with Gasteiger partial charge in [-0.25, -0.2) is 4.98 Å². The van der Waals surface area contributed by atoms with Crippen molar-refractivity contribution in [2.75, 3.05) is 0 Å². The van der Waals surface area contributed by atoms with Crippen LogP contribution in [-0.4, -0.2) is 9.55 Å². The van der Waals surface area contributed by atoms with Crippen molar-refractivity contribution in [2.45, 2.75) is 33.2 Å². The van der Waals surface area contributed by atoms with E-state index in [1.165, 1.54) is 5.82 Å². The van der Waals surface area contributed by atoms with Crippen LogP contribution < -0.4 is 0 Å². The lowest BCUT2D eigenvalue weighted by Crippen LogP contribution is -2.01. The highest BCUT2D eigenvalue weighted by molar-refractivity contribution is 4.96. The molecule has 0 amide bonds. The number of imidazole rings is 1. The van der Waals surface area contributed by atoms with E-state index in [4.69, 9.17) is 0 Å². The first kappa shape index (κ1) is 7.32. The lowest BCUT2D eigenvalue weighted by Gasteiger charge is -2.06. The Balaban J connectivity index is 2.90. The highest BCUT2D eigenvalue weighted by Gasteiger charge is 2.03. The summed E-state index contributed by atoms with van der Waals surface area (Å²) in [5.41, 5.74) is 0. The molecular weight excluding hydrogens is 124 g/mol. The van der Waals surface area contributed by atoms with E-state index < -0.39 is 0 Å². The third kappa shape index (κ3) is 1.20. The monoisotopic (exact) mass is 138 g/mol. The van der Waals surface area contributed by atoms with Crippen LogP contribution in [0, 0.1) is 0 Å². The molecule has 0 aliphatic carbocycles. The molecule has 2 nitrogen and oxygen atoms in total. The first-order valence-corrected chi connectivity index (χ1v) is 3.76. The Kier molecular flexibility index (Phi) is 2.10. The summed E-state index contributed by atoms with van der Waals surface area (Å²) in [4.78, 5) is 4.25. The van der Waals surface area contributed by atoms with Crippen LogP contribution in [0.15, 0.2) is 12.4 Å². The summed E-state index contributed by atoms with van der Waals surface area (Å²) in [7, 11) is 0. The van der Waals surface area contributed by atoms with Gasteiger partial charge >= 0.3 is 0 Å². The van der Waals surface area contributed by atoms with Gasteiger partial charge in [0.25, 0.3) is 0 Å². The van der Waals surface area contributed by atoms with Gasteiger partial charge in [-0.05, 0) is 6.92 Å². The van der Waals surface area contributed by atoms with Crippen molar-refractivity contribution in [2.24, 2.45) is 0 Å². The van der Waals surface area contributed by atoms with Gasteiger partial charge in [0.1, 0.15) is 5.82 Å². The van der Waals surface area contributed by atoms with Crippen LogP contribution in [0.25, 0.3) is 0 Å². The second kappa shape index (κ2) is 2.86. The summed E-state index contributed by atoms with van der Waals surface area (Å²) in [6.07, 6.45) is 3.88. The largest absolute Gasteiger partial charge is 0.335 e. The number of rotatable bonds is 2. The number of aromatic nitrogens is 2. The Bertz CT molecular complexity index is 201. The number of nitrogens with zero attached hydrogens (tertiary/aromatic N) is 2. The molecule has 0 aliphatic rings. The van der Waals surface area contributed by atoms with Gasteiger partial charge in [-0.1, -0.05) is 13.8 Å². The second-order valence-electron chi connectivity index (χ2n) is 2.73. The van der Waals surface area contributed by atoms with Gasteiger partial charge < -0.3 is 4.57 Å². The quantitative estimate of drug-likeness (QED) is 0.611. The highest BCUT2D eigenvalue weighted by atomic mass is 15.1. The van der Waals surface area contributed by atoms with Gasteiger partial charge in [0.2, 0.25) is 0 Å². The minimum atomic E-state index is 0.537. The fraction of sp³-hybridized carbons (Fsp3) is 0.625. The fourth-order valence-corrected chi connectivity index (χ4v) is 1.09. The predicted molar refractivity (Wildman–Crippen MR) is 42.0 cm³/mol. The van der Waals surface area contributed by atoms with Crippen LogP contribution in [0.2, 0.25) is 0 Å². The molecule has 0 aromatic carbocycles. The summed E-state index contributed by atoms with van der Waals surface area (Å²) >= 11 is 0. The zero-order valence-electron chi connectivity index (χ0n) is 6.83. The smallest absolute Gasteiger partial charge is 0.111 e. The third-order valence-electron chi connectivity index (χ3n) is 1.60. The Morgan fingerprint density at radius 3 is 2.70 bits per heavy atom. The zero-order chi connectivity index (χ0) is 7.56. The van der Waals surface area contributed by atoms with Crippen LogP contribution in [0.4, 0.5) is 0 Å².